The Hall–Kier alpha value is -1.38. The van der Waals surface area contributed by atoms with Gasteiger partial charge < -0.3 is 4.42 Å². The largest absolute Gasteiger partial charge is 0.441 e. The number of fused-ring (bicyclic) bond motifs is 1. The molecule has 1 aliphatic carbocycles. The van der Waals surface area contributed by atoms with Crippen LogP contribution in [0.1, 0.15) is 37.6 Å². The molecule has 1 fully saturated rings. The summed E-state index contributed by atoms with van der Waals surface area (Å²) in [5.41, 5.74) is 2.73. The third kappa shape index (κ3) is 1.26. The third-order valence-electron chi connectivity index (χ3n) is 3.41. The molecule has 1 saturated carbocycles. The molecule has 0 bridgehead atoms. The highest BCUT2D eigenvalue weighted by Crippen LogP contribution is 2.44. The highest BCUT2D eigenvalue weighted by Gasteiger charge is 2.37. The first kappa shape index (κ1) is 8.89. The fourth-order valence-electron chi connectivity index (χ4n) is 2.17. The van der Waals surface area contributed by atoms with Crippen LogP contribution in [0.3, 0.4) is 0 Å². The Morgan fingerprint density at radius 3 is 2.87 bits per heavy atom. The van der Waals surface area contributed by atoms with Crippen LogP contribution in [0.2, 0.25) is 0 Å². The molecule has 0 saturated heterocycles. The van der Waals surface area contributed by atoms with Gasteiger partial charge in [0, 0.05) is 11.5 Å². The summed E-state index contributed by atoms with van der Waals surface area (Å²) in [7, 11) is 0. The molecule has 0 spiro atoms. The predicted molar refractivity (Wildman–Crippen MR) is 57.7 cm³/mol. The maximum Gasteiger partial charge on any atom is 0.245 e. The van der Waals surface area contributed by atoms with Crippen LogP contribution in [-0.2, 0) is 5.41 Å². The van der Waals surface area contributed by atoms with Gasteiger partial charge in [-0.15, -0.1) is 0 Å². The first-order chi connectivity index (χ1) is 7.17. The van der Waals surface area contributed by atoms with Gasteiger partial charge in [0.15, 0.2) is 0 Å². The SMILES string of the molecule is Cc1cnc2oc(C3(C)CCC3)cc2n1. The molecular weight excluding hydrogens is 188 g/mol. The second kappa shape index (κ2) is 2.81. The molecule has 0 unspecified atom stereocenters. The molecule has 0 radical (unpaired) electrons. The number of hydrogen-bond acceptors (Lipinski definition) is 3. The minimum Gasteiger partial charge on any atom is -0.441 e. The maximum atomic E-state index is 5.76. The van der Waals surface area contributed by atoms with Crippen molar-refractivity contribution in [2.24, 2.45) is 0 Å². The summed E-state index contributed by atoms with van der Waals surface area (Å²) in [6.07, 6.45) is 5.48. The summed E-state index contributed by atoms with van der Waals surface area (Å²) in [6.45, 7) is 4.20. The standard InChI is InChI=1S/C12H14N2O/c1-8-7-13-11-9(14-8)6-10(15-11)12(2)4-3-5-12/h6-7H,3-5H2,1-2H3. The Morgan fingerprint density at radius 1 is 1.40 bits per heavy atom. The van der Waals surface area contributed by atoms with Gasteiger partial charge >= 0.3 is 0 Å². The van der Waals surface area contributed by atoms with Gasteiger partial charge in [0.2, 0.25) is 5.71 Å². The Labute approximate surface area is 88.5 Å². The van der Waals surface area contributed by atoms with Gasteiger partial charge in [-0.3, -0.25) is 0 Å². The molecule has 0 aliphatic heterocycles. The smallest absolute Gasteiger partial charge is 0.245 e. The van der Waals surface area contributed by atoms with Crippen LogP contribution in [0, 0.1) is 6.92 Å². The highest BCUT2D eigenvalue weighted by atomic mass is 16.3. The molecule has 2 heterocycles. The van der Waals surface area contributed by atoms with Gasteiger partial charge in [-0.2, -0.15) is 0 Å². The molecule has 15 heavy (non-hydrogen) atoms. The van der Waals surface area contributed by atoms with Crippen molar-refractivity contribution in [1.82, 2.24) is 9.97 Å². The average molecular weight is 202 g/mol. The molecular formula is C12H14N2O. The van der Waals surface area contributed by atoms with Gasteiger partial charge in [0.1, 0.15) is 11.3 Å². The van der Waals surface area contributed by atoms with E-state index in [9.17, 15) is 0 Å². The number of aromatic nitrogens is 2. The lowest BCUT2D eigenvalue weighted by Crippen LogP contribution is -2.29. The van der Waals surface area contributed by atoms with Gasteiger partial charge in [-0.1, -0.05) is 13.3 Å². The monoisotopic (exact) mass is 202 g/mol. The second-order valence-electron chi connectivity index (χ2n) is 4.73. The van der Waals surface area contributed by atoms with Crippen LogP contribution in [0.4, 0.5) is 0 Å². The minimum atomic E-state index is 0.232. The van der Waals surface area contributed by atoms with Crippen LogP contribution in [0.15, 0.2) is 16.7 Å². The fourth-order valence-corrected chi connectivity index (χ4v) is 2.17. The molecule has 1 aliphatic rings. The quantitative estimate of drug-likeness (QED) is 0.713. The summed E-state index contributed by atoms with van der Waals surface area (Å²) >= 11 is 0. The van der Waals surface area contributed by atoms with Crippen LogP contribution < -0.4 is 0 Å². The molecule has 0 N–H and O–H groups in total. The lowest BCUT2D eigenvalue weighted by atomic mass is 9.69. The lowest BCUT2D eigenvalue weighted by molar-refractivity contribution is 0.228. The topological polar surface area (TPSA) is 38.9 Å². The number of furan rings is 1. The number of nitrogens with zero attached hydrogens (tertiary/aromatic N) is 2. The predicted octanol–water partition coefficient (Wildman–Crippen LogP) is 2.97. The number of hydrogen-bond donors (Lipinski definition) is 0. The molecule has 2 aromatic rings. The minimum absolute atomic E-state index is 0.232. The van der Waals surface area contributed by atoms with Crippen molar-refractivity contribution in [3.63, 3.8) is 0 Å². The van der Waals surface area contributed by atoms with Crippen molar-refractivity contribution in [2.45, 2.75) is 38.5 Å². The van der Waals surface area contributed by atoms with Gasteiger partial charge in [0.05, 0.1) is 11.9 Å². The van der Waals surface area contributed by atoms with E-state index in [-0.39, 0.29) is 5.41 Å². The first-order valence-electron chi connectivity index (χ1n) is 5.41. The Balaban J connectivity index is 2.14. The Kier molecular flexibility index (Phi) is 1.67. The normalized spacial score (nSPS) is 19.1. The van der Waals surface area contributed by atoms with Crippen LogP contribution >= 0.6 is 0 Å². The van der Waals surface area contributed by atoms with Crippen molar-refractivity contribution >= 4 is 11.2 Å². The third-order valence-corrected chi connectivity index (χ3v) is 3.41. The summed E-state index contributed by atoms with van der Waals surface area (Å²) in [4.78, 5) is 8.66. The Bertz CT molecular complexity index is 511. The van der Waals surface area contributed by atoms with E-state index in [2.05, 4.69) is 23.0 Å². The molecule has 0 aromatic carbocycles. The zero-order valence-corrected chi connectivity index (χ0v) is 9.08. The molecule has 78 valence electrons. The molecule has 0 atom stereocenters. The van der Waals surface area contributed by atoms with Crippen LogP contribution in [0.25, 0.3) is 11.2 Å². The van der Waals surface area contributed by atoms with E-state index in [0.29, 0.717) is 5.71 Å². The molecule has 3 nitrogen and oxygen atoms in total. The van der Waals surface area contributed by atoms with Crippen molar-refractivity contribution in [3.8, 4) is 0 Å². The molecule has 0 amide bonds. The number of aryl methyl sites for hydroxylation is 1. The van der Waals surface area contributed by atoms with Crippen molar-refractivity contribution in [3.05, 3.63) is 23.7 Å². The van der Waals surface area contributed by atoms with Crippen molar-refractivity contribution in [1.29, 1.82) is 0 Å². The summed E-state index contributed by atoms with van der Waals surface area (Å²) in [6, 6.07) is 2.05. The van der Waals surface area contributed by atoms with E-state index in [1.807, 2.05) is 6.92 Å². The molecule has 3 rings (SSSR count). The van der Waals surface area contributed by atoms with E-state index in [1.165, 1.54) is 19.3 Å². The first-order valence-corrected chi connectivity index (χ1v) is 5.41. The maximum absolute atomic E-state index is 5.76. The zero-order chi connectivity index (χ0) is 10.5. The fraction of sp³-hybridized carbons (Fsp3) is 0.500. The summed E-state index contributed by atoms with van der Waals surface area (Å²) in [5, 5.41) is 0. The van der Waals surface area contributed by atoms with E-state index < -0.39 is 0 Å². The van der Waals surface area contributed by atoms with Crippen molar-refractivity contribution < 1.29 is 4.42 Å². The van der Waals surface area contributed by atoms with Gasteiger partial charge in [0.25, 0.3) is 0 Å². The highest BCUT2D eigenvalue weighted by molar-refractivity contribution is 5.69. The van der Waals surface area contributed by atoms with E-state index in [0.717, 1.165) is 17.0 Å². The summed E-state index contributed by atoms with van der Waals surface area (Å²) in [5.74, 6) is 1.05. The Morgan fingerprint density at radius 2 is 2.20 bits per heavy atom. The van der Waals surface area contributed by atoms with E-state index >= 15 is 0 Å². The van der Waals surface area contributed by atoms with E-state index in [4.69, 9.17) is 4.42 Å². The summed E-state index contributed by atoms with van der Waals surface area (Å²) < 4.78 is 5.76. The molecule has 3 heteroatoms. The van der Waals surface area contributed by atoms with Gasteiger partial charge in [-0.25, -0.2) is 9.97 Å². The second-order valence-corrected chi connectivity index (χ2v) is 4.73. The number of rotatable bonds is 1. The molecule has 2 aromatic heterocycles. The average Bonchev–Trinajstić information content (AvgIpc) is 2.57. The zero-order valence-electron chi connectivity index (χ0n) is 9.08. The van der Waals surface area contributed by atoms with Crippen molar-refractivity contribution in [2.75, 3.05) is 0 Å². The van der Waals surface area contributed by atoms with Crippen LogP contribution in [0.5, 0.6) is 0 Å². The van der Waals surface area contributed by atoms with Gasteiger partial charge in [-0.05, 0) is 19.8 Å². The van der Waals surface area contributed by atoms with E-state index in [1.54, 1.807) is 6.20 Å². The lowest BCUT2D eigenvalue weighted by Gasteiger charge is -2.35. The van der Waals surface area contributed by atoms with Crippen LogP contribution in [-0.4, -0.2) is 9.97 Å².